The molecule has 0 amide bonds. The van der Waals surface area contributed by atoms with Crippen molar-refractivity contribution in [2.75, 3.05) is 5.32 Å². The molecule has 0 radical (unpaired) electrons. The monoisotopic (exact) mass is 359 g/mol. The summed E-state index contributed by atoms with van der Waals surface area (Å²) in [5.41, 5.74) is 1.34. The third kappa shape index (κ3) is 3.01. The van der Waals surface area contributed by atoms with Gasteiger partial charge in [-0.05, 0) is 73.6 Å². The molecule has 0 aromatic heterocycles. The van der Waals surface area contributed by atoms with Crippen LogP contribution in [0.2, 0.25) is 0 Å². The minimum atomic E-state index is -0.377. The van der Waals surface area contributed by atoms with Crippen LogP contribution in [0.1, 0.15) is 52.4 Å². The SMILES string of the molecule is CC12CC3CC(C)(C1)CC(NC(=S)Nc1ccccc1[N+](=O)[O-])(C3)C2. The van der Waals surface area contributed by atoms with Gasteiger partial charge in [-0.25, -0.2) is 0 Å². The molecule has 134 valence electrons. The van der Waals surface area contributed by atoms with Crippen LogP contribution < -0.4 is 10.6 Å². The molecule has 0 saturated heterocycles. The Balaban J connectivity index is 1.53. The molecule has 0 aliphatic heterocycles. The maximum absolute atomic E-state index is 11.2. The Kier molecular flexibility index (Phi) is 3.62. The molecule has 5 rings (SSSR count). The second-order valence-electron chi connectivity index (χ2n) is 9.26. The number of nitrogens with zero attached hydrogens (tertiary/aromatic N) is 1. The average molecular weight is 359 g/mol. The first-order valence-corrected chi connectivity index (χ1v) is 9.44. The van der Waals surface area contributed by atoms with Crippen LogP contribution in [0.5, 0.6) is 0 Å². The molecule has 2 unspecified atom stereocenters. The van der Waals surface area contributed by atoms with E-state index in [2.05, 4.69) is 24.5 Å². The summed E-state index contributed by atoms with van der Waals surface area (Å²) in [7, 11) is 0. The molecule has 4 fully saturated rings. The van der Waals surface area contributed by atoms with E-state index in [4.69, 9.17) is 12.2 Å². The van der Waals surface area contributed by atoms with Crippen molar-refractivity contribution in [3.8, 4) is 0 Å². The highest BCUT2D eigenvalue weighted by Gasteiger charge is 2.60. The number of nitro benzene ring substituents is 1. The van der Waals surface area contributed by atoms with Crippen molar-refractivity contribution < 1.29 is 4.92 Å². The minimum Gasteiger partial charge on any atom is -0.357 e. The van der Waals surface area contributed by atoms with Crippen LogP contribution >= 0.6 is 12.2 Å². The fraction of sp³-hybridized carbons (Fsp3) is 0.632. The zero-order valence-electron chi connectivity index (χ0n) is 14.8. The molecule has 4 saturated carbocycles. The van der Waals surface area contributed by atoms with Crippen molar-refractivity contribution in [3.63, 3.8) is 0 Å². The van der Waals surface area contributed by atoms with Gasteiger partial charge in [0.05, 0.1) is 4.92 Å². The second kappa shape index (κ2) is 5.40. The molecule has 2 N–H and O–H groups in total. The van der Waals surface area contributed by atoms with Crippen LogP contribution in [-0.4, -0.2) is 15.6 Å². The summed E-state index contributed by atoms with van der Waals surface area (Å²) in [6.07, 6.45) is 7.42. The number of hydrogen-bond donors (Lipinski definition) is 2. The molecule has 5 nitrogen and oxygen atoms in total. The maximum Gasteiger partial charge on any atom is 0.292 e. The van der Waals surface area contributed by atoms with Gasteiger partial charge in [-0.1, -0.05) is 26.0 Å². The molecule has 4 aliphatic carbocycles. The van der Waals surface area contributed by atoms with Gasteiger partial charge in [0, 0.05) is 11.6 Å². The molecule has 1 aromatic carbocycles. The predicted molar refractivity (Wildman–Crippen MR) is 103 cm³/mol. The lowest BCUT2D eigenvalue weighted by Crippen LogP contribution is -2.65. The van der Waals surface area contributed by atoms with E-state index in [1.807, 2.05) is 0 Å². The van der Waals surface area contributed by atoms with Gasteiger partial charge in [0.2, 0.25) is 0 Å². The van der Waals surface area contributed by atoms with Gasteiger partial charge in [0.15, 0.2) is 5.11 Å². The van der Waals surface area contributed by atoms with Crippen molar-refractivity contribution in [1.82, 2.24) is 5.32 Å². The summed E-state index contributed by atoms with van der Waals surface area (Å²) in [6.45, 7) is 4.84. The number of nitrogens with one attached hydrogen (secondary N) is 2. The average Bonchev–Trinajstić information content (AvgIpc) is 2.42. The smallest absolute Gasteiger partial charge is 0.292 e. The number of benzene rings is 1. The molecule has 4 aliphatic rings. The predicted octanol–water partition coefficient (Wildman–Crippen LogP) is 4.63. The van der Waals surface area contributed by atoms with E-state index < -0.39 is 0 Å². The maximum atomic E-state index is 11.2. The van der Waals surface area contributed by atoms with Crippen LogP contribution in [0.3, 0.4) is 0 Å². The Morgan fingerprint density at radius 1 is 1.16 bits per heavy atom. The molecule has 1 aromatic rings. The van der Waals surface area contributed by atoms with Crippen LogP contribution in [0.15, 0.2) is 24.3 Å². The summed E-state index contributed by atoms with van der Waals surface area (Å²) < 4.78 is 0. The lowest BCUT2D eigenvalue weighted by Gasteiger charge is -2.65. The van der Waals surface area contributed by atoms with Crippen molar-refractivity contribution >= 4 is 28.7 Å². The normalized spacial score (nSPS) is 38.4. The van der Waals surface area contributed by atoms with Crippen molar-refractivity contribution in [1.29, 1.82) is 0 Å². The number of nitro groups is 1. The Hall–Kier alpha value is -1.69. The lowest BCUT2D eigenvalue weighted by molar-refractivity contribution is -0.383. The number of anilines is 1. The van der Waals surface area contributed by atoms with Gasteiger partial charge in [0.25, 0.3) is 5.69 Å². The number of hydrogen-bond acceptors (Lipinski definition) is 3. The zero-order valence-corrected chi connectivity index (χ0v) is 15.6. The molecule has 25 heavy (non-hydrogen) atoms. The van der Waals surface area contributed by atoms with Crippen LogP contribution in [0, 0.1) is 26.9 Å². The third-order valence-corrected chi connectivity index (χ3v) is 6.56. The van der Waals surface area contributed by atoms with Crippen molar-refractivity contribution in [2.45, 2.75) is 57.9 Å². The Morgan fingerprint density at radius 2 is 1.80 bits per heavy atom. The topological polar surface area (TPSA) is 67.2 Å². The van der Waals surface area contributed by atoms with Gasteiger partial charge < -0.3 is 10.6 Å². The summed E-state index contributed by atoms with van der Waals surface area (Å²) in [4.78, 5) is 10.8. The quantitative estimate of drug-likeness (QED) is 0.468. The molecular formula is C19H25N3O2S. The van der Waals surface area contributed by atoms with Crippen LogP contribution in [-0.2, 0) is 0 Å². The fourth-order valence-corrected chi connectivity index (χ4v) is 7.05. The molecule has 4 bridgehead atoms. The van der Waals surface area contributed by atoms with Crippen molar-refractivity contribution in [3.05, 3.63) is 34.4 Å². The van der Waals surface area contributed by atoms with E-state index in [-0.39, 0.29) is 16.1 Å². The molecule has 0 spiro atoms. The van der Waals surface area contributed by atoms with Crippen molar-refractivity contribution in [2.24, 2.45) is 16.7 Å². The molecular weight excluding hydrogens is 334 g/mol. The highest BCUT2D eigenvalue weighted by molar-refractivity contribution is 7.80. The summed E-state index contributed by atoms with van der Waals surface area (Å²) in [5.74, 6) is 0.771. The first kappa shape index (κ1) is 16.8. The first-order valence-electron chi connectivity index (χ1n) is 9.03. The minimum absolute atomic E-state index is 0.0383. The fourth-order valence-electron chi connectivity index (χ4n) is 6.72. The Morgan fingerprint density at radius 3 is 2.40 bits per heavy atom. The van der Waals surface area contributed by atoms with E-state index in [0.717, 1.165) is 25.2 Å². The second-order valence-corrected chi connectivity index (χ2v) is 9.67. The molecule has 6 heteroatoms. The lowest BCUT2D eigenvalue weighted by atomic mass is 9.43. The van der Waals surface area contributed by atoms with E-state index in [1.165, 1.54) is 25.3 Å². The van der Waals surface area contributed by atoms with Crippen LogP contribution in [0.25, 0.3) is 0 Å². The third-order valence-electron chi connectivity index (χ3n) is 6.35. The van der Waals surface area contributed by atoms with Gasteiger partial charge in [-0.15, -0.1) is 0 Å². The van der Waals surface area contributed by atoms with Crippen LogP contribution in [0.4, 0.5) is 11.4 Å². The highest BCUT2D eigenvalue weighted by atomic mass is 32.1. The van der Waals surface area contributed by atoms with Gasteiger partial charge in [-0.2, -0.15) is 0 Å². The Bertz CT molecular complexity index is 732. The van der Waals surface area contributed by atoms with Gasteiger partial charge in [0.1, 0.15) is 5.69 Å². The largest absolute Gasteiger partial charge is 0.357 e. The van der Waals surface area contributed by atoms with Gasteiger partial charge in [-0.3, -0.25) is 10.1 Å². The Labute approximate surface area is 153 Å². The van der Waals surface area contributed by atoms with E-state index in [0.29, 0.717) is 21.6 Å². The van der Waals surface area contributed by atoms with E-state index in [1.54, 1.807) is 18.2 Å². The summed E-state index contributed by atoms with van der Waals surface area (Å²) in [6, 6.07) is 6.65. The van der Waals surface area contributed by atoms with E-state index >= 15 is 0 Å². The van der Waals surface area contributed by atoms with E-state index in [9.17, 15) is 10.1 Å². The zero-order chi connectivity index (χ0) is 17.9. The number of para-hydroxylation sites is 2. The standard InChI is InChI=1S/C19H25N3O2S/c1-17-7-13-8-18(2,10-17)12-19(9-13,11-17)21-16(25)20-14-5-3-4-6-15(14)22(23)24/h3-6,13H,7-12H2,1-2H3,(H2,20,21,25). The summed E-state index contributed by atoms with van der Waals surface area (Å²) in [5, 5.41) is 18.4. The highest BCUT2D eigenvalue weighted by Crippen LogP contribution is 2.66. The number of thiocarbonyl (C=S) groups is 1. The molecule has 2 atom stereocenters. The number of rotatable bonds is 3. The summed E-state index contributed by atoms with van der Waals surface area (Å²) >= 11 is 5.55. The molecule has 0 heterocycles. The van der Waals surface area contributed by atoms with Gasteiger partial charge >= 0.3 is 0 Å². The first-order chi connectivity index (χ1) is 11.7.